The van der Waals surface area contributed by atoms with E-state index in [4.69, 9.17) is 0 Å². The lowest BCUT2D eigenvalue weighted by Gasteiger charge is -2.17. The van der Waals surface area contributed by atoms with Crippen LogP contribution in [0.25, 0.3) is 11.1 Å². The van der Waals surface area contributed by atoms with Gasteiger partial charge in [-0.15, -0.1) is 0 Å². The fourth-order valence-corrected chi connectivity index (χ4v) is 3.60. The van der Waals surface area contributed by atoms with Crippen LogP contribution < -0.4 is 0 Å². The van der Waals surface area contributed by atoms with Gasteiger partial charge in [0.25, 0.3) is 0 Å². The SMILES string of the molecule is CC.CC.CCN(CC)Cc1cccc(C)c1.c1ccc2c(c1)Cc1ccccc1-2. The van der Waals surface area contributed by atoms with Crippen molar-refractivity contribution in [3.8, 4) is 11.1 Å². The van der Waals surface area contributed by atoms with Gasteiger partial charge >= 0.3 is 0 Å². The molecule has 0 saturated carbocycles. The van der Waals surface area contributed by atoms with Gasteiger partial charge in [-0.25, -0.2) is 0 Å². The van der Waals surface area contributed by atoms with Crippen molar-refractivity contribution in [2.45, 2.75) is 61.4 Å². The van der Waals surface area contributed by atoms with Crippen LogP contribution in [0.3, 0.4) is 0 Å². The van der Waals surface area contributed by atoms with Crippen LogP contribution in [-0.2, 0) is 13.0 Å². The summed E-state index contributed by atoms with van der Waals surface area (Å²) in [6, 6.07) is 26.0. The second kappa shape index (κ2) is 14.6. The van der Waals surface area contributed by atoms with Crippen LogP contribution in [0.4, 0.5) is 0 Å². The Hall–Kier alpha value is -2.38. The summed E-state index contributed by atoms with van der Waals surface area (Å²) in [5.41, 5.74) is 8.52. The fourth-order valence-electron chi connectivity index (χ4n) is 3.60. The molecule has 1 heteroatoms. The number of fused-ring (bicyclic) bond motifs is 3. The van der Waals surface area contributed by atoms with Crippen LogP contribution in [0.5, 0.6) is 0 Å². The van der Waals surface area contributed by atoms with Gasteiger partial charge in [-0.3, -0.25) is 4.90 Å². The molecular weight excluding hydrogens is 362 g/mol. The van der Waals surface area contributed by atoms with E-state index in [0.717, 1.165) is 26.1 Å². The molecule has 4 rings (SSSR count). The number of aryl methyl sites for hydroxylation is 1. The molecule has 30 heavy (non-hydrogen) atoms. The van der Waals surface area contributed by atoms with Crippen LogP contribution in [0.1, 0.15) is 63.8 Å². The van der Waals surface area contributed by atoms with Gasteiger partial charge in [0, 0.05) is 6.54 Å². The quantitative estimate of drug-likeness (QED) is 0.332. The maximum Gasteiger partial charge on any atom is 0.0233 e. The molecule has 0 unspecified atom stereocenters. The molecule has 3 aromatic rings. The van der Waals surface area contributed by atoms with Crippen LogP contribution >= 0.6 is 0 Å². The lowest BCUT2D eigenvalue weighted by molar-refractivity contribution is 0.296. The Labute approximate surface area is 185 Å². The maximum atomic E-state index is 2.43. The van der Waals surface area contributed by atoms with Crippen molar-refractivity contribution in [1.82, 2.24) is 4.90 Å². The lowest BCUT2D eigenvalue weighted by atomic mass is 10.1. The average molecular weight is 404 g/mol. The molecule has 0 atom stereocenters. The van der Waals surface area contributed by atoms with Crippen molar-refractivity contribution in [3.05, 3.63) is 95.1 Å². The molecule has 0 radical (unpaired) electrons. The third kappa shape index (κ3) is 7.46. The second-order valence-corrected chi connectivity index (χ2v) is 6.94. The zero-order valence-corrected chi connectivity index (χ0v) is 20.2. The first-order chi connectivity index (χ1) is 14.7. The summed E-state index contributed by atoms with van der Waals surface area (Å²) in [4.78, 5) is 2.43. The Morgan fingerprint density at radius 3 is 1.63 bits per heavy atom. The zero-order chi connectivity index (χ0) is 22.4. The minimum absolute atomic E-state index is 1.08. The van der Waals surface area contributed by atoms with E-state index in [0.29, 0.717) is 0 Å². The van der Waals surface area contributed by atoms with Gasteiger partial charge < -0.3 is 0 Å². The highest BCUT2D eigenvalue weighted by atomic mass is 15.1. The summed E-state index contributed by atoms with van der Waals surface area (Å²) in [6.45, 7) is 17.9. The van der Waals surface area contributed by atoms with Gasteiger partial charge in [-0.2, -0.15) is 0 Å². The van der Waals surface area contributed by atoms with Crippen molar-refractivity contribution in [2.75, 3.05) is 13.1 Å². The maximum absolute atomic E-state index is 2.43. The number of hydrogen-bond acceptors (Lipinski definition) is 1. The molecule has 1 aliphatic carbocycles. The van der Waals surface area contributed by atoms with Crippen molar-refractivity contribution in [3.63, 3.8) is 0 Å². The van der Waals surface area contributed by atoms with E-state index >= 15 is 0 Å². The first-order valence-corrected chi connectivity index (χ1v) is 11.6. The third-order valence-corrected chi connectivity index (χ3v) is 5.09. The second-order valence-electron chi connectivity index (χ2n) is 6.94. The molecule has 0 aromatic heterocycles. The first kappa shape index (κ1) is 25.7. The minimum atomic E-state index is 1.08. The minimum Gasteiger partial charge on any atom is -0.300 e. The number of rotatable bonds is 4. The fraction of sp³-hybridized carbons (Fsp3) is 0.379. The van der Waals surface area contributed by atoms with E-state index in [1.54, 1.807) is 0 Å². The Morgan fingerprint density at radius 2 is 1.17 bits per heavy atom. The van der Waals surface area contributed by atoms with Crippen LogP contribution in [-0.4, -0.2) is 18.0 Å². The number of nitrogens with zero attached hydrogens (tertiary/aromatic N) is 1. The summed E-state index contributed by atoms with van der Waals surface area (Å²) < 4.78 is 0. The summed E-state index contributed by atoms with van der Waals surface area (Å²) >= 11 is 0. The third-order valence-electron chi connectivity index (χ3n) is 5.09. The smallest absolute Gasteiger partial charge is 0.0233 e. The highest BCUT2D eigenvalue weighted by molar-refractivity contribution is 5.76. The molecule has 0 aliphatic heterocycles. The monoisotopic (exact) mass is 403 g/mol. The highest BCUT2D eigenvalue weighted by Gasteiger charge is 2.15. The molecule has 0 fully saturated rings. The normalized spacial score (nSPS) is 10.4. The summed E-state index contributed by atoms with van der Waals surface area (Å²) in [7, 11) is 0. The van der Waals surface area contributed by atoms with Crippen LogP contribution in [0, 0.1) is 6.92 Å². The first-order valence-electron chi connectivity index (χ1n) is 11.6. The summed E-state index contributed by atoms with van der Waals surface area (Å²) in [5.74, 6) is 0. The molecule has 1 aliphatic rings. The Bertz CT molecular complexity index is 803. The van der Waals surface area contributed by atoms with E-state index in [2.05, 4.69) is 98.5 Å². The number of benzene rings is 3. The van der Waals surface area contributed by atoms with E-state index < -0.39 is 0 Å². The largest absolute Gasteiger partial charge is 0.300 e. The van der Waals surface area contributed by atoms with Gasteiger partial charge in [-0.1, -0.05) is 120 Å². The average Bonchev–Trinajstić information content (AvgIpc) is 3.19. The zero-order valence-electron chi connectivity index (χ0n) is 20.2. The lowest BCUT2D eigenvalue weighted by Crippen LogP contribution is -2.22. The van der Waals surface area contributed by atoms with Crippen molar-refractivity contribution < 1.29 is 0 Å². The molecule has 0 heterocycles. The van der Waals surface area contributed by atoms with E-state index in [1.165, 1.54) is 33.4 Å². The topological polar surface area (TPSA) is 3.24 Å². The van der Waals surface area contributed by atoms with E-state index in [1.807, 2.05) is 27.7 Å². The summed E-state index contributed by atoms with van der Waals surface area (Å²) in [6.07, 6.45) is 1.10. The van der Waals surface area contributed by atoms with Crippen molar-refractivity contribution >= 4 is 0 Å². The molecular formula is C29H41N. The molecule has 0 spiro atoms. The Balaban J connectivity index is 0.000000258. The van der Waals surface area contributed by atoms with Crippen LogP contribution in [0.2, 0.25) is 0 Å². The summed E-state index contributed by atoms with van der Waals surface area (Å²) in [5, 5.41) is 0. The van der Waals surface area contributed by atoms with Crippen molar-refractivity contribution in [2.24, 2.45) is 0 Å². The van der Waals surface area contributed by atoms with Gasteiger partial charge in [-0.05, 0) is 54.3 Å². The molecule has 162 valence electrons. The molecule has 0 N–H and O–H groups in total. The van der Waals surface area contributed by atoms with Gasteiger partial charge in [0.15, 0.2) is 0 Å². The van der Waals surface area contributed by atoms with Gasteiger partial charge in [0.05, 0.1) is 0 Å². The molecule has 1 nitrogen and oxygen atoms in total. The Kier molecular flexibility index (Phi) is 12.5. The van der Waals surface area contributed by atoms with Crippen LogP contribution in [0.15, 0.2) is 72.8 Å². The van der Waals surface area contributed by atoms with Gasteiger partial charge in [0.2, 0.25) is 0 Å². The van der Waals surface area contributed by atoms with E-state index in [9.17, 15) is 0 Å². The van der Waals surface area contributed by atoms with E-state index in [-0.39, 0.29) is 0 Å². The molecule has 3 aromatic carbocycles. The predicted molar refractivity (Wildman–Crippen MR) is 135 cm³/mol. The number of hydrogen-bond donors (Lipinski definition) is 0. The standard InChI is InChI=1S/C13H10.C12H19N.2C2H6/c1-3-7-12-10(5-1)9-11-6-2-4-8-13(11)12;1-4-13(5-2)10-12-8-6-7-11(3)9-12;2*1-2/h1-8H,9H2;6-9H,4-5,10H2,1-3H3;2*1-2H3. The Morgan fingerprint density at radius 1 is 0.667 bits per heavy atom. The molecule has 0 bridgehead atoms. The predicted octanol–water partition coefficient (Wildman–Crippen LogP) is 8.15. The van der Waals surface area contributed by atoms with Gasteiger partial charge in [0.1, 0.15) is 0 Å². The molecule has 0 amide bonds. The highest BCUT2D eigenvalue weighted by Crippen LogP contribution is 2.35. The van der Waals surface area contributed by atoms with Crippen molar-refractivity contribution in [1.29, 1.82) is 0 Å². The molecule has 0 saturated heterocycles.